The Labute approximate surface area is 328 Å². The monoisotopic (exact) mass is 734 g/mol. The highest BCUT2D eigenvalue weighted by molar-refractivity contribution is 6.01. The van der Waals surface area contributed by atoms with Gasteiger partial charge in [0.05, 0.1) is 10.9 Å². The molecule has 0 saturated carbocycles. The minimum atomic E-state index is -0.546. The van der Waals surface area contributed by atoms with Gasteiger partial charge in [0.15, 0.2) is 6.20 Å². The van der Waals surface area contributed by atoms with E-state index in [4.69, 9.17) is 0 Å². The van der Waals surface area contributed by atoms with Gasteiger partial charge in [0, 0.05) is 28.0 Å². The zero-order valence-electron chi connectivity index (χ0n) is 34.7. The second-order valence-electron chi connectivity index (χ2n) is 17.9. The Kier molecular flexibility index (Phi) is 9.14. The molecule has 1 heterocycles. The third kappa shape index (κ3) is 5.38. The van der Waals surface area contributed by atoms with Gasteiger partial charge in [-0.2, -0.15) is 0 Å². The highest BCUT2D eigenvalue weighted by Gasteiger charge is 2.47. The molecule has 1 aromatic heterocycles. The van der Waals surface area contributed by atoms with E-state index < -0.39 is 10.8 Å². The summed E-state index contributed by atoms with van der Waals surface area (Å²) in [5, 5.41) is 2.39. The molecule has 0 fully saturated rings. The SMILES string of the molecule is CC=Cc1cc(CCCC)cc2c1C1=C(C)C(CC)(CC)CC(Cc3ccc(F)c4c3-c3c5c(cccc5cc[n+]3C)C4(C)C)c3ccc(F)c(c31)C2(C)C. The Morgan fingerprint density at radius 3 is 2.20 bits per heavy atom. The van der Waals surface area contributed by atoms with Crippen LogP contribution in [-0.4, -0.2) is 0 Å². The lowest BCUT2D eigenvalue weighted by Gasteiger charge is -2.41. The summed E-state index contributed by atoms with van der Waals surface area (Å²) in [7, 11) is 2.10. The Bertz CT molecular complexity index is 2450. The summed E-state index contributed by atoms with van der Waals surface area (Å²) in [6, 6.07) is 21.1. The van der Waals surface area contributed by atoms with Crippen molar-refractivity contribution in [1.29, 1.82) is 0 Å². The fraction of sp³-hybridized carbons (Fsp3) is 0.404. The molecular formula is C52H58F2N+. The van der Waals surface area contributed by atoms with Crippen LogP contribution in [-0.2, 0) is 30.7 Å². The van der Waals surface area contributed by atoms with Gasteiger partial charge in [0.1, 0.15) is 18.7 Å². The lowest BCUT2D eigenvalue weighted by atomic mass is 9.62. The maximum absolute atomic E-state index is 16.9. The molecule has 0 amide bonds. The van der Waals surface area contributed by atoms with Crippen molar-refractivity contribution in [1.82, 2.24) is 0 Å². The number of aryl methyl sites for hydroxylation is 2. The van der Waals surface area contributed by atoms with E-state index in [1.54, 1.807) is 12.1 Å². The van der Waals surface area contributed by atoms with E-state index in [-0.39, 0.29) is 23.0 Å². The number of fused-ring (bicyclic) bond motifs is 4. The fourth-order valence-electron chi connectivity index (χ4n) is 11.3. The summed E-state index contributed by atoms with van der Waals surface area (Å²) < 4.78 is 35.6. The third-order valence-corrected chi connectivity index (χ3v) is 14.4. The van der Waals surface area contributed by atoms with E-state index in [0.29, 0.717) is 0 Å². The number of benzene rings is 4. The molecule has 8 rings (SSSR count). The third-order valence-electron chi connectivity index (χ3n) is 14.4. The van der Waals surface area contributed by atoms with Crippen LogP contribution >= 0.6 is 0 Å². The van der Waals surface area contributed by atoms with Crippen LogP contribution in [0.5, 0.6) is 0 Å². The summed E-state index contributed by atoms with van der Waals surface area (Å²) in [5.41, 5.74) is 14.9. The first-order valence-electron chi connectivity index (χ1n) is 20.8. The average molecular weight is 735 g/mol. The smallest absolute Gasteiger partial charge is 0.207 e. The van der Waals surface area contributed by atoms with Crippen LogP contribution in [0.15, 0.2) is 78.5 Å². The normalized spacial score (nSPS) is 18.7. The van der Waals surface area contributed by atoms with Crippen LogP contribution in [0.4, 0.5) is 8.78 Å². The molecule has 3 aliphatic carbocycles. The first-order chi connectivity index (χ1) is 26.2. The lowest BCUT2D eigenvalue weighted by molar-refractivity contribution is -0.659. The van der Waals surface area contributed by atoms with Gasteiger partial charge in [0.25, 0.3) is 0 Å². The van der Waals surface area contributed by atoms with Gasteiger partial charge in [-0.1, -0.05) is 115 Å². The molecule has 3 aliphatic rings. The Morgan fingerprint density at radius 2 is 1.51 bits per heavy atom. The molecule has 4 aromatic carbocycles. The molecule has 1 unspecified atom stereocenters. The highest BCUT2D eigenvalue weighted by Crippen LogP contribution is 2.60. The number of hydrogen-bond donors (Lipinski definition) is 0. The van der Waals surface area contributed by atoms with Crippen molar-refractivity contribution in [3.8, 4) is 11.3 Å². The van der Waals surface area contributed by atoms with Gasteiger partial charge in [-0.15, -0.1) is 0 Å². The number of halogens is 2. The zero-order valence-corrected chi connectivity index (χ0v) is 34.7. The zero-order chi connectivity index (χ0) is 39.2. The van der Waals surface area contributed by atoms with Crippen molar-refractivity contribution in [2.75, 3.05) is 0 Å². The molecule has 284 valence electrons. The van der Waals surface area contributed by atoms with Gasteiger partial charge in [-0.3, -0.25) is 0 Å². The standard InChI is InChI=1S/C52H58F2N/c1-11-15-18-32-27-34(17-12-2)43-39(28-32)51(8,9)48-41(54)24-22-37-36(30-52(13-3,14-4)31(5)42(43)46(37)48)29-35-21-23-40(53)47-45(35)49-44-33(25-26-55(49)10)19-16-20-38(44)50(47,6)7/h12,16-17,19-28,36H,11,13-15,18,29-30H2,1-10H3/q+1. The van der Waals surface area contributed by atoms with E-state index in [0.717, 1.165) is 84.0 Å². The van der Waals surface area contributed by atoms with E-state index in [9.17, 15) is 0 Å². The van der Waals surface area contributed by atoms with Crippen molar-refractivity contribution in [3.63, 3.8) is 0 Å². The van der Waals surface area contributed by atoms with Crippen molar-refractivity contribution in [2.45, 2.75) is 124 Å². The molecular weight excluding hydrogens is 677 g/mol. The summed E-state index contributed by atoms with van der Waals surface area (Å²) >= 11 is 0. The van der Waals surface area contributed by atoms with Gasteiger partial charge < -0.3 is 0 Å². The van der Waals surface area contributed by atoms with E-state index >= 15 is 8.78 Å². The van der Waals surface area contributed by atoms with Crippen molar-refractivity contribution in [3.05, 3.63) is 146 Å². The molecule has 0 radical (unpaired) electrons. The average Bonchev–Trinajstić information content (AvgIpc) is 3.25. The number of rotatable bonds is 8. The van der Waals surface area contributed by atoms with Crippen LogP contribution in [0.25, 0.3) is 33.7 Å². The minimum Gasteiger partial charge on any atom is -0.207 e. The van der Waals surface area contributed by atoms with Gasteiger partial charge >= 0.3 is 0 Å². The van der Waals surface area contributed by atoms with Crippen LogP contribution < -0.4 is 4.57 Å². The maximum atomic E-state index is 16.9. The Hall–Kier alpha value is -4.37. The summed E-state index contributed by atoms with van der Waals surface area (Å²) in [6.45, 7) is 20.2. The largest absolute Gasteiger partial charge is 0.221 e. The highest BCUT2D eigenvalue weighted by atomic mass is 19.1. The molecule has 0 aliphatic heterocycles. The van der Waals surface area contributed by atoms with Crippen LogP contribution in [0.3, 0.4) is 0 Å². The minimum absolute atomic E-state index is 0.0902. The molecule has 0 bridgehead atoms. The first kappa shape index (κ1) is 37.5. The molecule has 0 spiro atoms. The van der Waals surface area contributed by atoms with Crippen LogP contribution in [0, 0.1) is 17.0 Å². The fourth-order valence-corrected chi connectivity index (χ4v) is 11.3. The number of allylic oxidation sites excluding steroid dienone is 2. The number of nitrogens with zero attached hydrogens (tertiary/aromatic N) is 1. The molecule has 3 heteroatoms. The van der Waals surface area contributed by atoms with Crippen molar-refractivity contribution in [2.24, 2.45) is 12.5 Å². The lowest BCUT2D eigenvalue weighted by Crippen LogP contribution is -2.36. The second-order valence-corrected chi connectivity index (χ2v) is 17.9. The van der Waals surface area contributed by atoms with Crippen LogP contribution in [0.1, 0.15) is 156 Å². The summed E-state index contributed by atoms with van der Waals surface area (Å²) in [5.74, 6) is -0.186. The number of aromatic nitrogens is 1. The Morgan fingerprint density at radius 1 is 0.818 bits per heavy atom. The molecule has 55 heavy (non-hydrogen) atoms. The predicted molar refractivity (Wildman–Crippen MR) is 227 cm³/mol. The van der Waals surface area contributed by atoms with E-state index in [2.05, 4.69) is 141 Å². The first-order valence-corrected chi connectivity index (χ1v) is 20.8. The topological polar surface area (TPSA) is 3.88 Å². The van der Waals surface area contributed by atoms with E-state index in [1.807, 2.05) is 0 Å². The maximum Gasteiger partial charge on any atom is 0.221 e. The molecule has 5 aromatic rings. The summed E-state index contributed by atoms with van der Waals surface area (Å²) in [4.78, 5) is 0. The van der Waals surface area contributed by atoms with Gasteiger partial charge in [-0.05, 0) is 131 Å². The second kappa shape index (κ2) is 13.4. The molecule has 0 N–H and O–H groups in total. The molecule has 1 nitrogen and oxygen atoms in total. The van der Waals surface area contributed by atoms with Crippen molar-refractivity contribution >= 4 is 22.4 Å². The van der Waals surface area contributed by atoms with Gasteiger partial charge in [-0.25, -0.2) is 13.3 Å². The molecule has 0 saturated heterocycles. The number of unbranched alkanes of at least 4 members (excludes halogenated alkanes) is 1. The van der Waals surface area contributed by atoms with Gasteiger partial charge in [0.2, 0.25) is 5.69 Å². The predicted octanol–water partition coefficient (Wildman–Crippen LogP) is 13.6. The van der Waals surface area contributed by atoms with Crippen LogP contribution in [0.2, 0.25) is 0 Å². The number of hydrogen-bond acceptors (Lipinski definition) is 0. The quantitative estimate of drug-likeness (QED) is 0.140. The number of pyridine rings is 1. The van der Waals surface area contributed by atoms with Crippen molar-refractivity contribution < 1.29 is 13.3 Å². The van der Waals surface area contributed by atoms with E-state index in [1.165, 1.54) is 49.7 Å². The summed E-state index contributed by atoms with van der Waals surface area (Å²) in [6.07, 6.45) is 13.5. The Balaban J connectivity index is 1.42. The molecule has 1 atom stereocenters.